The zero-order valence-electron chi connectivity index (χ0n) is 26.7. The molecule has 0 saturated heterocycles. The van der Waals surface area contributed by atoms with Crippen molar-refractivity contribution in [3.8, 4) is 0 Å². The van der Waals surface area contributed by atoms with Gasteiger partial charge in [-0.2, -0.15) is 0 Å². The number of rotatable bonds is 13. The Bertz CT molecular complexity index is 1710. The number of carbonyl (C=O) groups is 2. The number of anilines is 1. The number of nitrogens with zero attached hydrogens (tertiary/aromatic N) is 2. The van der Waals surface area contributed by atoms with E-state index < -0.39 is 28.5 Å². The molecular formula is C37H43N3O4S. The van der Waals surface area contributed by atoms with Crippen LogP contribution >= 0.6 is 0 Å². The zero-order valence-corrected chi connectivity index (χ0v) is 27.6. The molecule has 45 heavy (non-hydrogen) atoms. The van der Waals surface area contributed by atoms with Crippen molar-refractivity contribution in [1.82, 2.24) is 10.2 Å². The highest BCUT2D eigenvalue weighted by Gasteiger charge is 2.35. The van der Waals surface area contributed by atoms with Gasteiger partial charge in [0.15, 0.2) is 0 Å². The van der Waals surface area contributed by atoms with Gasteiger partial charge in [-0.3, -0.25) is 13.9 Å². The molecule has 0 fully saturated rings. The third-order valence-corrected chi connectivity index (χ3v) is 9.88. The first kappa shape index (κ1) is 33.5. The minimum atomic E-state index is -4.13. The Kier molecular flexibility index (Phi) is 11.2. The molecule has 0 aliphatic heterocycles. The van der Waals surface area contributed by atoms with Gasteiger partial charge in [0.2, 0.25) is 11.8 Å². The molecule has 0 saturated carbocycles. The fourth-order valence-electron chi connectivity index (χ4n) is 5.13. The number of hydrogen-bond donors (Lipinski definition) is 1. The molecule has 0 aromatic heterocycles. The van der Waals surface area contributed by atoms with Crippen molar-refractivity contribution < 1.29 is 18.0 Å². The van der Waals surface area contributed by atoms with Crippen LogP contribution in [0.25, 0.3) is 0 Å². The Balaban J connectivity index is 1.82. The molecule has 4 aromatic rings. The van der Waals surface area contributed by atoms with Crippen LogP contribution in [0.2, 0.25) is 0 Å². The highest BCUT2D eigenvalue weighted by atomic mass is 32.2. The molecule has 2 amide bonds. The van der Waals surface area contributed by atoms with Gasteiger partial charge >= 0.3 is 0 Å². The molecule has 7 nitrogen and oxygen atoms in total. The van der Waals surface area contributed by atoms with Crippen LogP contribution < -0.4 is 9.62 Å². The zero-order chi connectivity index (χ0) is 32.6. The van der Waals surface area contributed by atoms with Gasteiger partial charge < -0.3 is 10.2 Å². The standard InChI is InChI=1S/C37H43N3O4S/c1-6-30(5)38-37(42)35(24-31-15-9-7-10-16-31)39(25-32-17-13-14-27(2)22-32)36(41)26-40(33-21-20-28(3)29(4)23-33)45(43,44)34-18-11-8-12-19-34/h7-23,30,35H,6,24-26H2,1-5H3,(H,38,42)/t30-,35-/m1/s1. The van der Waals surface area contributed by atoms with Gasteiger partial charge in [-0.05, 0) is 80.6 Å². The molecule has 0 aliphatic rings. The van der Waals surface area contributed by atoms with Gasteiger partial charge in [-0.15, -0.1) is 0 Å². The minimum absolute atomic E-state index is 0.0802. The lowest BCUT2D eigenvalue weighted by atomic mass is 10.0. The van der Waals surface area contributed by atoms with Gasteiger partial charge in [0, 0.05) is 19.0 Å². The molecule has 2 atom stereocenters. The number of carbonyl (C=O) groups excluding carboxylic acids is 2. The maximum Gasteiger partial charge on any atom is 0.264 e. The average Bonchev–Trinajstić information content (AvgIpc) is 3.03. The van der Waals surface area contributed by atoms with Gasteiger partial charge in [0.05, 0.1) is 10.6 Å². The van der Waals surface area contributed by atoms with E-state index in [1.807, 2.05) is 95.3 Å². The maximum atomic E-state index is 14.6. The van der Waals surface area contributed by atoms with Crippen molar-refractivity contribution in [3.05, 3.63) is 131 Å². The Labute approximate surface area is 268 Å². The molecule has 0 aliphatic carbocycles. The Morgan fingerprint density at radius 2 is 1.42 bits per heavy atom. The lowest BCUT2D eigenvalue weighted by Gasteiger charge is -2.34. The van der Waals surface area contributed by atoms with Crippen molar-refractivity contribution >= 4 is 27.5 Å². The lowest BCUT2D eigenvalue weighted by molar-refractivity contribution is -0.140. The first-order valence-electron chi connectivity index (χ1n) is 15.3. The fourth-order valence-corrected chi connectivity index (χ4v) is 6.56. The monoisotopic (exact) mass is 625 g/mol. The van der Waals surface area contributed by atoms with Crippen molar-refractivity contribution in [2.24, 2.45) is 0 Å². The minimum Gasteiger partial charge on any atom is -0.352 e. The van der Waals surface area contributed by atoms with E-state index in [9.17, 15) is 18.0 Å². The quantitative estimate of drug-likeness (QED) is 0.187. The van der Waals surface area contributed by atoms with Gasteiger partial charge in [-0.1, -0.05) is 91.3 Å². The number of aryl methyl sites for hydroxylation is 3. The second-order valence-electron chi connectivity index (χ2n) is 11.6. The highest BCUT2D eigenvalue weighted by molar-refractivity contribution is 7.92. The summed E-state index contributed by atoms with van der Waals surface area (Å²) in [4.78, 5) is 30.1. The van der Waals surface area contributed by atoms with E-state index in [0.717, 1.165) is 38.5 Å². The third-order valence-electron chi connectivity index (χ3n) is 8.10. The van der Waals surface area contributed by atoms with Crippen molar-refractivity contribution in [2.75, 3.05) is 10.8 Å². The molecule has 0 bridgehead atoms. The predicted molar refractivity (Wildman–Crippen MR) is 180 cm³/mol. The summed E-state index contributed by atoms with van der Waals surface area (Å²) >= 11 is 0. The SMILES string of the molecule is CC[C@@H](C)NC(=O)[C@@H](Cc1ccccc1)N(Cc1cccc(C)c1)C(=O)CN(c1ccc(C)c(C)c1)S(=O)(=O)c1ccccc1. The Morgan fingerprint density at radius 3 is 2.04 bits per heavy atom. The molecule has 0 heterocycles. The second-order valence-corrected chi connectivity index (χ2v) is 13.5. The smallest absolute Gasteiger partial charge is 0.264 e. The summed E-state index contributed by atoms with van der Waals surface area (Å²) in [5.41, 5.74) is 5.06. The van der Waals surface area contributed by atoms with Crippen LogP contribution in [0.3, 0.4) is 0 Å². The normalized spacial score (nSPS) is 12.6. The molecule has 0 spiro atoms. The number of sulfonamides is 1. The summed E-state index contributed by atoms with van der Waals surface area (Å²) in [5.74, 6) is -0.757. The summed E-state index contributed by atoms with van der Waals surface area (Å²) in [7, 11) is -4.13. The predicted octanol–water partition coefficient (Wildman–Crippen LogP) is 6.36. The van der Waals surface area contributed by atoms with Crippen LogP contribution in [-0.2, 0) is 32.6 Å². The van der Waals surface area contributed by atoms with E-state index in [1.54, 1.807) is 30.3 Å². The summed E-state index contributed by atoms with van der Waals surface area (Å²) in [6, 6.07) is 29.9. The average molecular weight is 626 g/mol. The summed E-state index contributed by atoms with van der Waals surface area (Å²) in [6.45, 7) is 9.41. The van der Waals surface area contributed by atoms with Crippen molar-refractivity contribution in [1.29, 1.82) is 0 Å². The van der Waals surface area contributed by atoms with Crippen LogP contribution in [0.5, 0.6) is 0 Å². The first-order valence-corrected chi connectivity index (χ1v) is 16.8. The number of nitrogens with one attached hydrogen (secondary N) is 1. The van der Waals surface area contributed by atoms with Crippen LogP contribution in [-0.4, -0.2) is 43.8 Å². The van der Waals surface area contributed by atoms with Crippen LogP contribution in [0.15, 0.2) is 108 Å². The van der Waals surface area contributed by atoms with E-state index in [4.69, 9.17) is 0 Å². The first-order chi connectivity index (χ1) is 21.5. The summed E-state index contributed by atoms with van der Waals surface area (Å²) < 4.78 is 29.4. The van der Waals surface area contributed by atoms with E-state index in [0.29, 0.717) is 5.69 Å². The van der Waals surface area contributed by atoms with Crippen LogP contribution in [0, 0.1) is 20.8 Å². The van der Waals surface area contributed by atoms with E-state index in [2.05, 4.69) is 5.32 Å². The van der Waals surface area contributed by atoms with E-state index in [1.165, 1.54) is 17.0 Å². The molecule has 0 unspecified atom stereocenters. The molecule has 1 N–H and O–H groups in total. The number of benzene rings is 4. The largest absolute Gasteiger partial charge is 0.352 e. The van der Waals surface area contributed by atoms with Gasteiger partial charge in [0.25, 0.3) is 10.0 Å². The molecular weight excluding hydrogens is 582 g/mol. The van der Waals surface area contributed by atoms with Crippen molar-refractivity contribution in [3.63, 3.8) is 0 Å². The Morgan fingerprint density at radius 1 is 0.778 bits per heavy atom. The fraction of sp³-hybridized carbons (Fsp3) is 0.297. The molecule has 236 valence electrons. The Hall–Kier alpha value is -4.43. The maximum absolute atomic E-state index is 14.6. The third kappa shape index (κ3) is 8.60. The number of amides is 2. The van der Waals surface area contributed by atoms with Crippen LogP contribution in [0.4, 0.5) is 5.69 Å². The second kappa shape index (κ2) is 15.0. The molecule has 8 heteroatoms. The van der Waals surface area contributed by atoms with Crippen molar-refractivity contribution in [2.45, 2.75) is 71.0 Å². The van der Waals surface area contributed by atoms with Gasteiger partial charge in [-0.25, -0.2) is 8.42 Å². The van der Waals surface area contributed by atoms with Crippen LogP contribution in [0.1, 0.15) is 48.1 Å². The van der Waals surface area contributed by atoms with E-state index >= 15 is 0 Å². The molecule has 4 aromatic carbocycles. The number of hydrogen-bond acceptors (Lipinski definition) is 4. The summed E-state index contributed by atoms with van der Waals surface area (Å²) in [6.07, 6.45) is 1.00. The topological polar surface area (TPSA) is 86.8 Å². The lowest BCUT2D eigenvalue weighted by Crippen LogP contribution is -2.54. The molecule has 0 radical (unpaired) electrons. The summed E-state index contributed by atoms with van der Waals surface area (Å²) in [5, 5.41) is 3.07. The highest BCUT2D eigenvalue weighted by Crippen LogP contribution is 2.27. The van der Waals surface area contributed by atoms with E-state index in [-0.39, 0.29) is 29.8 Å². The van der Waals surface area contributed by atoms with Gasteiger partial charge in [0.1, 0.15) is 12.6 Å². The molecule has 4 rings (SSSR count).